The summed E-state index contributed by atoms with van der Waals surface area (Å²) in [6, 6.07) is 16.1. The molecule has 0 bridgehead atoms. The summed E-state index contributed by atoms with van der Waals surface area (Å²) in [6.45, 7) is 2.44. The fourth-order valence-corrected chi connectivity index (χ4v) is 1.89. The van der Waals surface area contributed by atoms with Gasteiger partial charge in [0.2, 0.25) is 0 Å². The number of aliphatic hydroxyl groups is 1. The highest BCUT2D eigenvalue weighted by Crippen LogP contribution is 2.15. The largest absolute Gasteiger partial charge is 0.493 e. The van der Waals surface area contributed by atoms with Crippen LogP contribution in [0.15, 0.2) is 59.7 Å². The lowest BCUT2D eigenvalue weighted by Gasteiger charge is -2.09. The summed E-state index contributed by atoms with van der Waals surface area (Å²) in [5, 5.41) is 13.8. The Kier molecular flexibility index (Phi) is 5.68. The van der Waals surface area contributed by atoms with E-state index in [1.807, 2.05) is 37.3 Å². The summed E-state index contributed by atoms with van der Waals surface area (Å²) in [5.41, 5.74) is 3.59. The fraction of sp³-hybridized carbons (Fsp3) is 0.176. The summed E-state index contributed by atoms with van der Waals surface area (Å²) in [6.07, 6.45) is 0.237. The van der Waals surface area contributed by atoms with E-state index in [1.54, 1.807) is 24.3 Å². The van der Waals surface area contributed by atoms with E-state index >= 15 is 0 Å². The molecule has 0 unspecified atom stereocenters. The van der Waals surface area contributed by atoms with E-state index in [1.165, 1.54) is 6.21 Å². The van der Waals surface area contributed by atoms with Crippen LogP contribution in [-0.2, 0) is 4.79 Å². The van der Waals surface area contributed by atoms with E-state index in [-0.39, 0.29) is 0 Å². The second-order valence-corrected chi connectivity index (χ2v) is 4.52. The van der Waals surface area contributed by atoms with Crippen molar-refractivity contribution >= 4 is 12.1 Å². The number of nitrogens with zero attached hydrogens (tertiary/aromatic N) is 1. The van der Waals surface area contributed by atoms with Gasteiger partial charge in [0.05, 0.1) is 12.8 Å². The predicted octanol–water partition coefficient (Wildman–Crippen LogP) is 2.27. The third-order valence-electron chi connectivity index (χ3n) is 2.96. The van der Waals surface area contributed by atoms with Crippen LogP contribution in [0.3, 0.4) is 0 Å². The number of hydrogen-bond acceptors (Lipinski definition) is 4. The Balaban J connectivity index is 1.99. The van der Waals surface area contributed by atoms with Gasteiger partial charge in [0, 0.05) is 5.56 Å². The summed E-state index contributed by atoms with van der Waals surface area (Å²) >= 11 is 0. The molecule has 0 heterocycles. The van der Waals surface area contributed by atoms with Crippen LogP contribution in [0.5, 0.6) is 5.75 Å². The molecule has 0 saturated heterocycles. The zero-order valence-corrected chi connectivity index (χ0v) is 12.3. The lowest BCUT2D eigenvalue weighted by molar-refractivity contribution is -0.129. The first kappa shape index (κ1) is 15.7. The zero-order chi connectivity index (χ0) is 15.8. The van der Waals surface area contributed by atoms with Crippen molar-refractivity contribution in [1.29, 1.82) is 0 Å². The van der Waals surface area contributed by atoms with Crippen molar-refractivity contribution in [2.45, 2.75) is 13.0 Å². The van der Waals surface area contributed by atoms with E-state index in [4.69, 9.17) is 4.74 Å². The van der Waals surface area contributed by atoms with Gasteiger partial charge in [0.15, 0.2) is 6.10 Å². The number of para-hydroxylation sites is 1. The number of hydrazone groups is 1. The summed E-state index contributed by atoms with van der Waals surface area (Å²) < 4.78 is 5.46. The molecule has 2 N–H and O–H groups in total. The van der Waals surface area contributed by atoms with Gasteiger partial charge in [-0.3, -0.25) is 4.79 Å². The molecule has 2 aromatic rings. The number of aliphatic hydroxyl groups excluding tert-OH is 1. The van der Waals surface area contributed by atoms with E-state index in [2.05, 4.69) is 10.5 Å². The third kappa shape index (κ3) is 4.17. The van der Waals surface area contributed by atoms with Gasteiger partial charge in [0.1, 0.15) is 5.75 Å². The van der Waals surface area contributed by atoms with Crippen molar-refractivity contribution in [3.05, 3.63) is 65.7 Å². The van der Waals surface area contributed by atoms with Crippen LogP contribution in [0, 0.1) is 0 Å². The Bertz CT molecular complexity index is 641. The quantitative estimate of drug-likeness (QED) is 0.635. The van der Waals surface area contributed by atoms with Crippen LogP contribution < -0.4 is 10.2 Å². The molecule has 1 amide bonds. The number of benzene rings is 2. The van der Waals surface area contributed by atoms with Crippen LogP contribution in [0.1, 0.15) is 24.2 Å². The van der Waals surface area contributed by atoms with Gasteiger partial charge >= 0.3 is 0 Å². The van der Waals surface area contributed by atoms with E-state index in [0.717, 1.165) is 5.56 Å². The van der Waals surface area contributed by atoms with Crippen LogP contribution >= 0.6 is 0 Å². The standard InChI is InChI=1S/C17H18N2O3/c1-2-22-15-11-7-6-10-14(15)12-18-19-17(21)16(20)13-8-4-3-5-9-13/h3-12,16,20H,2H2,1H3,(H,19,21)/b18-12-/t16-/m0/s1. The maximum Gasteiger partial charge on any atom is 0.273 e. The monoisotopic (exact) mass is 298 g/mol. The minimum absolute atomic E-state index is 0.518. The Morgan fingerprint density at radius 3 is 2.64 bits per heavy atom. The normalized spacial score (nSPS) is 12.1. The molecule has 0 radical (unpaired) electrons. The molecule has 0 fully saturated rings. The van der Waals surface area contributed by atoms with Gasteiger partial charge in [0.25, 0.3) is 5.91 Å². The van der Waals surface area contributed by atoms with Gasteiger partial charge in [-0.25, -0.2) is 5.43 Å². The molecule has 0 aliphatic rings. The number of carbonyl (C=O) groups is 1. The molecule has 0 aliphatic heterocycles. The smallest absolute Gasteiger partial charge is 0.273 e. The average molecular weight is 298 g/mol. The molecule has 0 spiro atoms. The van der Waals surface area contributed by atoms with E-state index in [0.29, 0.717) is 17.9 Å². The van der Waals surface area contributed by atoms with Gasteiger partial charge in [-0.2, -0.15) is 5.10 Å². The Morgan fingerprint density at radius 1 is 1.23 bits per heavy atom. The highest BCUT2D eigenvalue weighted by atomic mass is 16.5. The second-order valence-electron chi connectivity index (χ2n) is 4.52. The van der Waals surface area contributed by atoms with Crippen LogP contribution in [0.2, 0.25) is 0 Å². The number of carbonyl (C=O) groups excluding carboxylic acids is 1. The molecule has 5 heteroatoms. The molecule has 114 valence electrons. The van der Waals surface area contributed by atoms with Crippen molar-refractivity contribution < 1.29 is 14.6 Å². The maximum absolute atomic E-state index is 11.8. The molecular formula is C17H18N2O3. The lowest BCUT2D eigenvalue weighted by atomic mass is 10.1. The molecule has 22 heavy (non-hydrogen) atoms. The van der Waals surface area contributed by atoms with Crippen LogP contribution in [0.25, 0.3) is 0 Å². The minimum Gasteiger partial charge on any atom is -0.493 e. The molecule has 0 saturated carbocycles. The first-order valence-corrected chi connectivity index (χ1v) is 7.00. The lowest BCUT2D eigenvalue weighted by Crippen LogP contribution is -2.25. The summed E-state index contributed by atoms with van der Waals surface area (Å²) in [4.78, 5) is 11.8. The van der Waals surface area contributed by atoms with Crippen molar-refractivity contribution in [1.82, 2.24) is 5.43 Å². The summed E-state index contributed by atoms with van der Waals surface area (Å²) in [5.74, 6) is 0.1000. The highest BCUT2D eigenvalue weighted by Gasteiger charge is 2.15. The Labute approximate surface area is 129 Å². The molecule has 2 rings (SSSR count). The SMILES string of the molecule is CCOc1ccccc1/C=N\NC(=O)[C@@H](O)c1ccccc1. The molecule has 0 aromatic heterocycles. The number of ether oxygens (including phenoxy) is 1. The van der Waals surface area contributed by atoms with Crippen LogP contribution in [0.4, 0.5) is 0 Å². The van der Waals surface area contributed by atoms with Gasteiger partial charge < -0.3 is 9.84 Å². The summed E-state index contributed by atoms with van der Waals surface area (Å²) in [7, 11) is 0. The molecule has 0 aliphatic carbocycles. The fourth-order valence-electron chi connectivity index (χ4n) is 1.89. The molecule has 2 aromatic carbocycles. The number of nitrogens with one attached hydrogen (secondary N) is 1. The number of amides is 1. The Hall–Kier alpha value is -2.66. The average Bonchev–Trinajstić information content (AvgIpc) is 2.56. The maximum atomic E-state index is 11.8. The first-order chi connectivity index (χ1) is 10.7. The van der Waals surface area contributed by atoms with E-state index < -0.39 is 12.0 Å². The van der Waals surface area contributed by atoms with Crippen molar-refractivity contribution in [2.24, 2.45) is 5.10 Å². The minimum atomic E-state index is -1.25. The van der Waals surface area contributed by atoms with Gasteiger partial charge in [-0.15, -0.1) is 0 Å². The van der Waals surface area contributed by atoms with E-state index in [9.17, 15) is 9.90 Å². The second kappa shape index (κ2) is 7.95. The topological polar surface area (TPSA) is 70.9 Å². The molecular weight excluding hydrogens is 280 g/mol. The molecule has 1 atom stereocenters. The van der Waals surface area contributed by atoms with Crippen molar-refractivity contribution in [3.8, 4) is 5.75 Å². The predicted molar refractivity (Wildman–Crippen MR) is 84.7 cm³/mol. The zero-order valence-electron chi connectivity index (χ0n) is 12.3. The Morgan fingerprint density at radius 2 is 1.91 bits per heavy atom. The number of hydrogen-bond donors (Lipinski definition) is 2. The molecule has 5 nitrogen and oxygen atoms in total. The number of rotatable bonds is 6. The highest BCUT2D eigenvalue weighted by molar-refractivity contribution is 5.86. The van der Waals surface area contributed by atoms with Gasteiger partial charge in [-0.05, 0) is 24.6 Å². The van der Waals surface area contributed by atoms with Gasteiger partial charge in [-0.1, -0.05) is 42.5 Å². The van der Waals surface area contributed by atoms with Crippen LogP contribution in [-0.4, -0.2) is 23.8 Å². The first-order valence-electron chi connectivity index (χ1n) is 7.00. The van der Waals surface area contributed by atoms with Crippen molar-refractivity contribution in [3.63, 3.8) is 0 Å². The van der Waals surface area contributed by atoms with Crippen molar-refractivity contribution in [2.75, 3.05) is 6.61 Å². The third-order valence-corrected chi connectivity index (χ3v) is 2.96.